The molecule has 0 radical (unpaired) electrons. The Morgan fingerprint density at radius 3 is 2.65 bits per heavy atom. The van der Waals surface area contributed by atoms with E-state index in [4.69, 9.17) is 4.74 Å². The van der Waals surface area contributed by atoms with Crippen LogP contribution in [0.2, 0.25) is 0 Å². The molecule has 0 N–H and O–H groups in total. The number of hydrogen-bond donors (Lipinski definition) is 0. The van der Waals surface area contributed by atoms with Crippen molar-refractivity contribution in [2.45, 2.75) is 5.92 Å². The van der Waals surface area contributed by atoms with Crippen molar-refractivity contribution in [2.24, 2.45) is 0 Å². The second-order valence-corrected chi connectivity index (χ2v) is 4.77. The average Bonchev–Trinajstić information content (AvgIpc) is 2.37. The van der Waals surface area contributed by atoms with E-state index in [1.54, 1.807) is 0 Å². The maximum absolute atomic E-state index is 11.3. The molecule has 0 bridgehead atoms. The molecule has 1 aliphatic heterocycles. The standard InChI is InChI=1S/C14H9BrO2/c15-12-6-3-5-10-11(8-16)9-4-1-2-7-13(9)17-14(10)12/h1-8,11H. The zero-order valence-corrected chi connectivity index (χ0v) is 10.5. The summed E-state index contributed by atoms with van der Waals surface area (Å²) in [5, 5.41) is 0. The molecule has 0 spiro atoms. The molecule has 2 aromatic rings. The third kappa shape index (κ3) is 1.58. The van der Waals surface area contributed by atoms with Gasteiger partial charge in [0.15, 0.2) is 0 Å². The number of fused-ring (bicyclic) bond motifs is 2. The fourth-order valence-corrected chi connectivity index (χ4v) is 2.60. The van der Waals surface area contributed by atoms with Crippen LogP contribution in [0.15, 0.2) is 46.9 Å². The molecule has 84 valence electrons. The van der Waals surface area contributed by atoms with Crippen LogP contribution in [0.3, 0.4) is 0 Å². The highest BCUT2D eigenvalue weighted by molar-refractivity contribution is 9.10. The minimum absolute atomic E-state index is 0.243. The van der Waals surface area contributed by atoms with Crippen molar-refractivity contribution < 1.29 is 9.53 Å². The molecule has 3 rings (SSSR count). The lowest BCUT2D eigenvalue weighted by molar-refractivity contribution is -0.108. The number of hydrogen-bond acceptors (Lipinski definition) is 2. The van der Waals surface area contributed by atoms with Crippen LogP contribution >= 0.6 is 15.9 Å². The van der Waals surface area contributed by atoms with Crippen molar-refractivity contribution in [3.05, 3.63) is 58.1 Å². The van der Waals surface area contributed by atoms with E-state index in [2.05, 4.69) is 15.9 Å². The lowest BCUT2D eigenvalue weighted by Crippen LogP contribution is -2.11. The summed E-state index contributed by atoms with van der Waals surface area (Å²) in [6, 6.07) is 13.4. The van der Waals surface area contributed by atoms with Crippen LogP contribution in [0, 0.1) is 0 Å². The predicted octanol–water partition coefficient (Wildman–Crippen LogP) is 3.89. The number of para-hydroxylation sites is 2. The molecule has 1 atom stereocenters. The van der Waals surface area contributed by atoms with Crippen LogP contribution in [0.4, 0.5) is 0 Å². The van der Waals surface area contributed by atoms with Gasteiger partial charge in [-0.05, 0) is 28.1 Å². The molecule has 0 saturated heterocycles. The Kier molecular flexibility index (Phi) is 2.48. The topological polar surface area (TPSA) is 26.3 Å². The summed E-state index contributed by atoms with van der Waals surface area (Å²) in [4.78, 5) is 11.3. The Labute approximate surface area is 107 Å². The largest absolute Gasteiger partial charge is 0.456 e. The van der Waals surface area contributed by atoms with Gasteiger partial charge in [0, 0.05) is 11.1 Å². The van der Waals surface area contributed by atoms with E-state index >= 15 is 0 Å². The smallest absolute Gasteiger partial charge is 0.145 e. The molecule has 0 aromatic heterocycles. The van der Waals surface area contributed by atoms with Gasteiger partial charge >= 0.3 is 0 Å². The highest BCUT2D eigenvalue weighted by atomic mass is 79.9. The molecular weight excluding hydrogens is 280 g/mol. The van der Waals surface area contributed by atoms with Gasteiger partial charge in [-0.25, -0.2) is 0 Å². The number of halogens is 1. The first-order chi connectivity index (χ1) is 8.31. The monoisotopic (exact) mass is 288 g/mol. The van der Waals surface area contributed by atoms with Crippen molar-refractivity contribution in [3.8, 4) is 11.5 Å². The van der Waals surface area contributed by atoms with Gasteiger partial charge in [-0.3, -0.25) is 0 Å². The second kappa shape index (κ2) is 4.00. The number of rotatable bonds is 1. The van der Waals surface area contributed by atoms with Crippen molar-refractivity contribution in [3.63, 3.8) is 0 Å². The highest BCUT2D eigenvalue weighted by Crippen LogP contribution is 2.46. The quantitative estimate of drug-likeness (QED) is 0.745. The normalized spacial score (nSPS) is 16.6. The summed E-state index contributed by atoms with van der Waals surface area (Å²) in [6.07, 6.45) is 0.965. The summed E-state index contributed by atoms with van der Waals surface area (Å²) < 4.78 is 6.71. The van der Waals surface area contributed by atoms with Gasteiger partial charge in [-0.2, -0.15) is 0 Å². The van der Waals surface area contributed by atoms with Crippen LogP contribution in [0.5, 0.6) is 11.5 Å². The molecule has 2 aromatic carbocycles. The zero-order valence-electron chi connectivity index (χ0n) is 8.89. The second-order valence-electron chi connectivity index (χ2n) is 3.91. The van der Waals surface area contributed by atoms with Crippen LogP contribution in [-0.2, 0) is 4.79 Å². The SMILES string of the molecule is O=CC1c2ccccc2Oc2c(Br)cccc21. The van der Waals surface area contributed by atoms with Crippen molar-refractivity contribution in [1.82, 2.24) is 0 Å². The molecule has 1 unspecified atom stereocenters. The van der Waals surface area contributed by atoms with Crippen LogP contribution in [0.25, 0.3) is 0 Å². The number of carbonyl (C=O) groups is 1. The summed E-state index contributed by atoms with van der Waals surface area (Å²) in [7, 11) is 0. The Morgan fingerprint density at radius 1 is 1.06 bits per heavy atom. The maximum Gasteiger partial charge on any atom is 0.145 e. The van der Waals surface area contributed by atoms with Crippen molar-refractivity contribution in [2.75, 3.05) is 0 Å². The first kappa shape index (κ1) is 10.5. The highest BCUT2D eigenvalue weighted by Gasteiger charge is 2.27. The van der Waals surface area contributed by atoms with E-state index in [0.29, 0.717) is 0 Å². The third-order valence-corrected chi connectivity index (χ3v) is 3.56. The third-order valence-electron chi connectivity index (χ3n) is 2.93. The zero-order chi connectivity index (χ0) is 11.8. The number of aldehydes is 1. The molecule has 0 amide bonds. The van der Waals surface area contributed by atoms with Gasteiger partial charge < -0.3 is 9.53 Å². The molecule has 0 saturated carbocycles. The molecule has 3 heteroatoms. The Bertz CT molecular complexity index is 593. The Hall–Kier alpha value is -1.61. The molecule has 2 nitrogen and oxygen atoms in total. The van der Waals surface area contributed by atoms with Crippen LogP contribution in [0.1, 0.15) is 17.0 Å². The lowest BCUT2D eigenvalue weighted by atomic mass is 9.89. The van der Waals surface area contributed by atoms with Gasteiger partial charge in [-0.1, -0.05) is 30.3 Å². The first-order valence-electron chi connectivity index (χ1n) is 5.31. The number of ether oxygens (including phenoxy) is 1. The minimum Gasteiger partial charge on any atom is -0.456 e. The van der Waals surface area contributed by atoms with Crippen molar-refractivity contribution in [1.29, 1.82) is 0 Å². The van der Waals surface area contributed by atoms with E-state index in [-0.39, 0.29) is 5.92 Å². The summed E-state index contributed by atoms with van der Waals surface area (Å²) in [5.74, 6) is 1.25. The van der Waals surface area contributed by atoms with Gasteiger partial charge in [0.05, 0.1) is 10.4 Å². The van der Waals surface area contributed by atoms with Gasteiger partial charge in [-0.15, -0.1) is 0 Å². The van der Waals surface area contributed by atoms with Crippen LogP contribution < -0.4 is 4.74 Å². The van der Waals surface area contributed by atoms with Gasteiger partial charge in [0.1, 0.15) is 17.8 Å². The molecular formula is C14H9BrO2. The van der Waals surface area contributed by atoms with E-state index in [0.717, 1.165) is 33.4 Å². The van der Waals surface area contributed by atoms with Crippen molar-refractivity contribution >= 4 is 22.2 Å². The Morgan fingerprint density at radius 2 is 1.82 bits per heavy atom. The maximum atomic E-state index is 11.3. The number of carbonyl (C=O) groups excluding carboxylic acids is 1. The molecule has 1 aliphatic rings. The molecule has 1 heterocycles. The van der Waals surface area contributed by atoms with Gasteiger partial charge in [0.25, 0.3) is 0 Å². The fraction of sp³-hybridized carbons (Fsp3) is 0.0714. The molecule has 0 aliphatic carbocycles. The summed E-state index contributed by atoms with van der Waals surface area (Å²) in [5.41, 5.74) is 1.83. The first-order valence-corrected chi connectivity index (χ1v) is 6.11. The molecule has 17 heavy (non-hydrogen) atoms. The van der Waals surface area contributed by atoms with E-state index < -0.39 is 0 Å². The van der Waals surface area contributed by atoms with Crippen LogP contribution in [-0.4, -0.2) is 6.29 Å². The van der Waals surface area contributed by atoms with E-state index in [1.807, 2.05) is 42.5 Å². The minimum atomic E-state index is -0.243. The fourth-order valence-electron chi connectivity index (χ4n) is 2.13. The van der Waals surface area contributed by atoms with E-state index in [9.17, 15) is 4.79 Å². The number of benzene rings is 2. The van der Waals surface area contributed by atoms with E-state index in [1.165, 1.54) is 0 Å². The average molecular weight is 289 g/mol. The van der Waals surface area contributed by atoms with Gasteiger partial charge in [0.2, 0.25) is 0 Å². The predicted molar refractivity (Wildman–Crippen MR) is 68.6 cm³/mol. The molecule has 0 fully saturated rings. The Balaban J connectivity index is 2.25. The summed E-state index contributed by atoms with van der Waals surface area (Å²) in [6.45, 7) is 0. The summed E-state index contributed by atoms with van der Waals surface area (Å²) >= 11 is 3.45. The lowest BCUT2D eigenvalue weighted by Gasteiger charge is -2.25.